The van der Waals surface area contributed by atoms with Crippen LogP contribution in [0, 0.1) is 0 Å². The smallest absolute Gasteiger partial charge is 0.217 e. The molecular weight excluding hydrogens is 374 g/mol. The highest BCUT2D eigenvalue weighted by molar-refractivity contribution is 7.15. The second-order valence-corrected chi connectivity index (χ2v) is 7.93. The number of carbonyl (C=O) groups is 1. The van der Waals surface area contributed by atoms with Crippen LogP contribution in [0.15, 0.2) is 30.6 Å². The van der Waals surface area contributed by atoms with Gasteiger partial charge in [0.1, 0.15) is 5.01 Å². The van der Waals surface area contributed by atoms with Crippen molar-refractivity contribution in [2.75, 3.05) is 31.1 Å². The van der Waals surface area contributed by atoms with Crippen LogP contribution in [0.3, 0.4) is 0 Å². The fraction of sp³-hybridized carbons (Fsp3) is 0.421. The lowest BCUT2D eigenvalue weighted by atomic mass is 10.1. The molecule has 146 valence electrons. The molecule has 28 heavy (non-hydrogen) atoms. The van der Waals surface area contributed by atoms with Gasteiger partial charge in [0, 0.05) is 51.5 Å². The highest BCUT2D eigenvalue weighted by atomic mass is 32.1. The quantitative estimate of drug-likeness (QED) is 0.704. The van der Waals surface area contributed by atoms with Crippen molar-refractivity contribution in [1.29, 1.82) is 0 Å². The summed E-state index contributed by atoms with van der Waals surface area (Å²) in [6.07, 6.45) is 3.46. The molecule has 3 heterocycles. The van der Waals surface area contributed by atoms with Gasteiger partial charge in [-0.2, -0.15) is 0 Å². The number of hydrogen-bond donors (Lipinski definition) is 1. The SMILES string of the molecule is CC(=O)NCc1nnc(N2CCN(C(C)c3ccc4nccnc4c3)CC2)s1. The van der Waals surface area contributed by atoms with Gasteiger partial charge in [0.05, 0.1) is 17.6 Å². The molecule has 0 bridgehead atoms. The summed E-state index contributed by atoms with van der Waals surface area (Å²) in [5, 5.41) is 13.0. The molecule has 3 aromatic rings. The molecule has 1 atom stereocenters. The van der Waals surface area contributed by atoms with Gasteiger partial charge < -0.3 is 10.2 Å². The molecule has 9 heteroatoms. The molecule has 1 saturated heterocycles. The number of nitrogens with one attached hydrogen (secondary N) is 1. The zero-order valence-electron chi connectivity index (χ0n) is 16.0. The Morgan fingerprint density at radius 1 is 1.14 bits per heavy atom. The number of anilines is 1. The minimum absolute atomic E-state index is 0.0565. The third kappa shape index (κ3) is 4.10. The number of fused-ring (bicyclic) bond motifs is 1. The molecule has 8 nitrogen and oxygen atoms in total. The lowest BCUT2D eigenvalue weighted by Crippen LogP contribution is -2.47. The van der Waals surface area contributed by atoms with Crippen molar-refractivity contribution in [3.63, 3.8) is 0 Å². The van der Waals surface area contributed by atoms with Crippen molar-refractivity contribution in [1.82, 2.24) is 30.4 Å². The van der Waals surface area contributed by atoms with Crippen molar-refractivity contribution >= 4 is 33.4 Å². The van der Waals surface area contributed by atoms with Crippen molar-refractivity contribution in [3.05, 3.63) is 41.2 Å². The largest absolute Gasteiger partial charge is 0.350 e. The first kappa shape index (κ1) is 18.7. The van der Waals surface area contributed by atoms with E-state index in [0.29, 0.717) is 12.6 Å². The fourth-order valence-electron chi connectivity index (χ4n) is 3.40. The summed E-state index contributed by atoms with van der Waals surface area (Å²) in [5.41, 5.74) is 3.12. The molecule has 0 spiro atoms. The Hall–Kier alpha value is -2.65. The number of carbonyl (C=O) groups excluding carboxylic acids is 1. The van der Waals surface area contributed by atoms with E-state index in [9.17, 15) is 4.79 Å². The maximum absolute atomic E-state index is 11.0. The van der Waals surface area contributed by atoms with Crippen molar-refractivity contribution in [3.8, 4) is 0 Å². The summed E-state index contributed by atoms with van der Waals surface area (Å²) >= 11 is 1.54. The second-order valence-electron chi connectivity index (χ2n) is 6.89. The van der Waals surface area contributed by atoms with Gasteiger partial charge >= 0.3 is 0 Å². The monoisotopic (exact) mass is 397 g/mol. The summed E-state index contributed by atoms with van der Waals surface area (Å²) in [4.78, 5) is 24.5. The van der Waals surface area contributed by atoms with Gasteiger partial charge in [-0.25, -0.2) is 0 Å². The van der Waals surface area contributed by atoms with Crippen LogP contribution in [0.2, 0.25) is 0 Å². The molecule has 0 saturated carbocycles. The lowest BCUT2D eigenvalue weighted by Gasteiger charge is -2.38. The van der Waals surface area contributed by atoms with Gasteiger partial charge in [-0.3, -0.25) is 19.7 Å². The Morgan fingerprint density at radius 2 is 1.89 bits per heavy atom. The van der Waals surface area contributed by atoms with E-state index < -0.39 is 0 Å². The molecule has 4 rings (SSSR count). The van der Waals surface area contributed by atoms with E-state index in [4.69, 9.17) is 0 Å². The minimum atomic E-state index is -0.0565. The number of piperazine rings is 1. The predicted octanol–water partition coefficient (Wildman–Crippen LogP) is 2.00. The van der Waals surface area contributed by atoms with Crippen molar-refractivity contribution in [2.24, 2.45) is 0 Å². The van der Waals surface area contributed by atoms with E-state index >= 15 is 0 Å². The van der Waals surface area contributed by atoms with E-state index in [2.05, 4.69) is 54.3 Å². The first-order chi connectivity index (χ1) is 13.6. The molecule has 1 amide bonds. The number of hydrogen-bond acceptors (Lipinski definition) is 8. The van der Waals surface area contributed by atoms with Crippen LogP contribution in [-0.2, 0) is 11.3 Å². The molecule has 1 aliphatic heterocycles. The van der Waals surface area contributed by atoms with E-state index in [1.54, 1.807) is 23.7 Å². The highest BCUT2D eigenvalue weighted by Gasteiger charge is 2.24. The standard InChI is InChI=1S/C19H23N7OS/c1-13(15-3-4-16-17(11-15)21-6-5-20-16)25-7-9-26(10-8-25)19-24-23-18(28-19)12-22-14(2)27/h3-6,11,13H,7-10,12H2,1-2H3,(H,22,27). The Kier molecular flexibility index (Phi) is 5.45. The maximum atomic E-state index is 11.0. The molecule has 1 aromatic carbocycles. The summed E-state index contributed by atoms with van der Waals surface area (Å²) in [6, 6.07) is 6.65. The van der Waals surface area contributed by atoms with Crippen LogP contribution in [0.1, 0.15) is 30.5 Å². The van der Waals surface area contributed by atoms with Crippen molar-refractivity contribution < 1.29 is 4.79 Å². The van der Waals surface area contributed by atoms with Gasteiger partial charge in [0.15, 0.2) is 0 Å². The number of benzene rings is 1. The average Bonchev–Trinajstić information content (AvgIpc) is 3.20. The third-order valence-corrected chi connectivity index (χ3v) is 6.04. The molecule has 1 N–H and O–H groups in total. The maximum Gasteiger partial charge on any atom is 0.217 e. The molecule has 2 aromatic heterocycles. The average molecular weight is 398 g/mol. The summed E-state index contributed by atoms with van der Waals surface area (Å²) in [5.74, 6) is -0.0565. The van der Waals surface area contributed by atoms with Crippen LogP contribution >= 0.6 is 11.3 Å². The van der Waals surface area contributed by atoms with Crippen LogP contribution in [0.5, 0.6) is 0 Å². The summed E-state index contributed by atoms with van der Waals surface area (Å²) in [7, 11) is 0. The normalized spacial score (nSPS) is 16.3. The topological polar surface area (TPSA) is 87.1 Å². The second kappa shape index (κ2) is 8.15. The molecule has 1 unspecified atom stereocenters. The van der Waals surface area contributed by atoms with Gasteiger partial charge in [-0.1, -0.05) is 17.4 Å². The fourth-order valence-corrected chi connectivity index (χ4v) is 4.23. The number of nitrogens with zero attached hydrogens (tertiary/aromatic N) is 6. The summed E-state index contributed by atoms with van der Waals surface area (Å²) in [6.45, 7) is 7.92. The van der Waals surface area contributed by atoms with Crippen LogP contribution in [-0.4, -0.2) is 57.2 Å². The number of rotatable bonds is 5. The highest BCUT2D eigenvalue weighted by Crippen LogP contribution is 2.26. The van der Waals surface area contributed by atoms with Gasteiger partial charge in [0.2, 0.25) is 11.0 Å². The Bertz CT molecular complexity index is 968. The molecule has 0 radical (unpaired) electrons. The van der Waals surface area contributed by atoms with Gasteiger partial charge in [-0.05, 0) is 24.6 Å². The zero-order chi connectivity index (χ0) is 19.5. The zero-order valence-corrected chi connectivity index (χ0v) is 16.8. The molecule has 1 fully saturated rings. The summed E-state index contributed by atoms with van der Waals surface area (Å²) < 4.78 is 0. The van der Waals surface area contributed by atoms with E-state index in [-0.39, 0.29) is 5.91 Å². The van der Waals surface area contributed by atoms with Gasteiger partial charge in [-0.15, -0.1) is 10.2 Å². The lowest BCUT2D eigenvalue weighted by molar-refractivity contribution is -0.119. The first-order valence-corrected chi connectivity index (χ1v) is 10.2. The van der Waals surface area contributed by atoms with Crippen LogP contribution < -0.4 is 10.2 Å². The molecule has 0 aliphatic carbocycles. The van der Waals surface area contributed by atoms with Gasteiger partial charge in [0.25, 0.3) is 0 Å². The number of aromatic nitrogens is 4. The van der Waals surface area contributed by atoms with Crippen LogP contribution in [0.4, 0.5) is 5.13 Å². The predicted molar refractivity (Wildman–Crippen MR) is 109 cm³/mol. The molecule has 1 aliphatic rings. The van der Waals surface area contributed by atoms with Crippen LogP contribution in [0.25, 0.3) is 11.0 Å². The first-order valence-electron chi connectivity index (χ1n) is 9.36. The van der Waals surface area contributed by atoms with Crippen molar-refractivity contribution in [2.45, 2.75) is 26.4 Å². The van der Waals surface area contributed by atoms with E-state index in [0.717, 1.165) is 47.4 Å². The number of amides is 1. The Labute approximate surface area is 167 Å². The Morgan fingerprint density at radius 3 is 2.64 bits per heavy atom. The molecular formula is C19H23N7OS. The van der Waals surface area contributed by atoms with E-state index in [1.165, 1.54) is 12.5 Å². The Balaban J connectivity index is 1.37. The third-order valence-electron chi connectivity index (χ3n) is 5.05. The van der Waals surface area contributed by atoms with E-state index in [1.807, 2.05) is 6.07 Å². The minimum Gasteiger partial charge on any atom is -0.350 e.